The molecule has 1 atom stereocenters. The third-order valence-electron chi connectivity index (χ3n) is 6.89. The van der Waals surface area contributed by atoms with Crippen LogP contribution in [0, 0.1) is 5.41 Å². The number of carbonyl (C=O) groups excluding carboxylic acids is 6. The Morgan fingerprint density at radius 2 is 1.23 bits per heavy atom. The van der Waals surface area contributed by atoms with Crippen molar-refractivity contribution in [3.8, 4) is 0 Å². The van der Waals surface area contributed by atoms with E-state index in [4.69, 9.17) is 0 Å². The van der Waals surface area contributed by atoms with Crippen molar-refractivity contribution >= 4 is 35.4 Å². The van der Waals surface area contributed by atoms with Crippen LogP contribution in [0.4, 0.5) is 0 Å². The van der Waals surface area contributed by atoms with Gasteiger partial charge in [0, 0.05) is 56.0 Å². The Bertz CT molecular complexity index is 995. The maximum atomic E-state index is 13.5. The van der Waals surface area contributed by atoms with Crippen LogP contribution >= 0.6 is 0 Å². The van der Waals surface area contributed by atoms with Crippen molar-refractivity contribution in [3.63, 3.8) is 0 Å². The van der Waals surface area contributed by atoms with E-state index in [0.29, 0.717) is 0 Å². The molecular weight excluding hydrogens is 458 g/mol. The van der Waals surface area contributed by atoms with E-state index in [1.54, 1.807) is 27.7 Å². The summed E-state index contributed by atoms with van der Waals surface area (Å²) in [4.78, 5) is 75.9. The lowest BCUT2D eigenvalue weighted by atomic mass is 9.69. The first-order valence-corrected chi connectivity index (χ1v) is 11.4. The van der Waals surface area contributed by atoms with Gasteiger partial charge in [0.2, 0.25) is 11.8 Å². The maximum absolute atomic E-state index is 13.5. The van der Waals surface area contributed by atoms with Gasteiger partial charge in [0.1, 0.15) is 5.41 Å². The molecule has 3 N–H and O–H groups in total. The lowest BCUT2D eigenvalue weighted by Gasteiger charge is -2.41. The van der Waals surface area contributed by atoms with Crippen molar-refractivity contribution in [2.45, 2.75) is 51.6 Å². The van der Waals surface area contributed by atoms with Crippen LogP contribution in [0.1, 0.15) is 40.5 Å². The molecule has 0 bridgehead atoms. The van der Waals surface area contributed by atoms with E-state index in [2.05, 4.69) is 10.6 Å². The van der Waals surface area contributed by atoms with E-state index < -0.39 is 51.9 Å². The minimum absolute atomic E-state index is 0.00266. The molecule has 0 aliphatic carbocycles. The fourth-order valence-corrected chi connectivity index (χ4v) is 5.02. The molecule has 3 aliphatic heterocycles. The minimum atomic E-state index is -1.70. The van der Waals surface area contributed by atoms with E-state index in [1.165, 1.54) is 12.2 Å². The summed E-state index contributed by atoms with van der Waals surface area (Å²) in [5.41, 5.74) is -3.93. The quantitative estimate of drug-likeness (QED) is 0.214. The molecule has 0 saturated carbocycles. The number of hydroxylamine groups is 2. The van der Waals surface area contributed by atoms with E-state index in [9.17, 15) is 34.0 Å². The zero-order chi connectivity index (χ0) is 26.2. The fourth-order valence-electron chi connectivity index (χ4n) is 5.02. The molecule has 35 heavy (non-hydrogen) atoms. The third-order valence-corrected chi connectivity index (χ3v) is 6.89. The number of imide groups is 2. The Balaban J connectivity index is 1.70. The van der Waals surface area contributed by atoms with Gasteiger partial charge in [-0.2, -0.15) is 5.06 Å². The summed E-state index contributed by atoms with van der Waals surface area (Å²) >= 11 is 0. The molecule has 12 nitrogen and oxygen atoms in total. The second kappa shape index (κ2) is 9.34. The first-order valence-electron chi connectivity index (χ1n) is 11.4. The number of nitrogens with zero attached hydrogens (tertiary/aromatic N) is 3. The molecule has 3 heterocycles. The van der Waals surface area contributed by atoms with E-state index >= 15 is 0 Å². The van der Waals surface area contributed by atoms with Gasteiger partial charge in [-0.05, 0) is 40.5 Å². The van der Waals surface area contributed by atoms with Gasteiger partial charge in [-0.25, -0.2) is 0 Å². The average Bonchev–Trinajstić information content (AvgIpc) is 3.33. The van der Waals surface area contributed by atoms with Gasteiger partial charge in [0.25, 0.3) is 23.6 Å². The Morgan fingerprint density at radius 1 is 0.800 bits per heavy atom. The highest BCUT2D eigenvalue weighted by atomic mass is 16.5. The average molecular weight is 490 g/mol. The molecule has 0 spiro atoms. The first-order chi connectivity index (χ1) is 16.3. The Morgan fingerprint density at radius 3 is 1.66 bits per heavy atom. The number of amides is 6. The predicted molar refractivity (Wildman–Crippen MR) is 121 cm³/mol. The number of carbonyl (C=O) groups is 6. The standard InChI is InChI=1S/C23H31N5O7/c1-21(2)14-23(22(3,4)28(21)35,20(34)25-11-13-27-17(31)8-9-18(27)32)19(33)24-10-5-12-26-15(29)6-7-16(26)30/h6-9,35H,5,10-14H2,1-4H3,(H,24,33)(H,25,34). The largest absolute Gasteiger partial charge is 0.355 e. The Kier molecular flexibility index (Phi) is 7.00. The second-order valence-corrected chi connectivity index (χ2v) is 9.95. The summed E-state index contributed by atoms with van der Waals surface area (Å²) in [6.45, 7) is 6.67. The van der Waals surface area contributed by atoms with Gasteiger partial charge in [-0.3, -0.25) is 38.6 Å². The zero-order valence-electron chi connectivity index (χ0n) is 20.3. The van der Waals surface area contributed by atoms with Crippen LogP contribution in [-0.2, 0) is 28.8 Å². The van der Waals surface area contributed by atoms with Crippen molar-refractivity contribution in [1.82, 2.24) is 25.5 Å². The summed E-state index contributed by atoms with van der Waals surface area (Å²) in [5, 5.41) is 17.2. The van der Waals surface area contributed by atoms with Gasteiger partial charge in [0.05, 0.1) is 5.54 Å². The lowest BCUT2D eigenvalue weighted by Crippen LogP contribution is -2.63. The van der Waals surface area contributed by atoms with E-state index in [-0.39, 0.29) is 39.0 Å². The Hall–Kier alpha value is -3.38. The molecule has 0 radical (unpaired) electrons. The van der Waals surface area contributed by atoms with Gasteiger partial charge in [0.15, 0.2) is 0 Å². The molecule has 3 aliphatic rings. The number of hydrogen-bond donors (Lipinski definition) is 3. The van der Waals surface area contributed by atoms with Crippen LogP contribution in [0.5, 0.6) is 0 Å². The maximum Gasteiger partial charge on any atom is 0.253 e. The van der Waals surface area contributed by atoms with Crippen molar-refractivity contribution in [2.75, 3.05) is 26.2 Å². The number of hydrogen-bond acceptors (Lipinski definition) is 8. The van der Waals surface area contributed by atoms with E-state index in [1.807, 2.05) is 0 Å². The molecule has 12 heteroatoms. The van der Waals surface area contributed by atoms with Crippen LogP contribution in [-0.4, -0.2) is 92.8 Å². The second-order valence-electron chi connectivity index (χ2n) is 9.95. The van der Waals surface area contributed by atoms with Crippen LogP contribution in [0.15, 0.2) is 24.3 Å². The molecule has 6 amide bonds. The van der Waals surface area contributed by atoms with Crippen LogP contribution in [0.25, 0.3) is 0 Å². The van der Waals surface area contributed by atoms with Gasteiger partial charge >= 0.3 is 0 Å². The van der Waals surface area contributed by atoms with Crippen LogP contribution < -0.4 is 10.6 Å². The van der Waals surface area contributed by atoms with Crippen molar-refractivity contribution in [1.29, 1.82) is 0 Å². The predicted octanol–water partition coefficient (Wildman–Crippen LogP) is -0.903. The lowest BCUT2D eigenvalue weighted by molar-refractivity contribution is -0.206. The summed E-state index contributed by atoms with van der Waals surface area (Å²) in [6.07, 6.45) is 4.92. The van der Waals surface area contributed by atoms with Crippen molar-refractivity contribution < 1.29 is 34.0 Å². The highest BCUT2D eigenvalue weighted by Crippen LogP contribution is 2.52. The molecule has 190 valence electrons. The topological polar surface area (TPSA) is 156 Å². The summed E-state index contributed by atoms with van der Waals surface area (Å²) < 4.78 is 0. The normalized spacial score (nSPS) is 25.2. The summed E-state index contributed by atoms with van der Waals surface area (Å²) in [5.74, 6) is -3.06. The summed E-state index contributed by atoms with van der Waals surface area (Å²) in [6, 6.07) is 0. The third kappa shape index (κ3) is 4.50. The van der Waals surface area contributed by atoms with Gasteiger partial charge in [-0.15, -0.1) is 0 Å². The first kappa shape index (κ1) is 26.2. The van der Waals surface area contributed by atoms with Crippen LogP contribution in [0.2, 0.25) is 0 Å². The number of nitrogens with one attached hydrogen (secondary N) is 2. The highest BCUT2D eigenvalue weighted by Gasteiger charge is 2.68. The number of rotatable bonds is 9. The molecule has 3 rings (SSSR count). The molecule has 1 unspecified atom stereocenters. The minimum Gasteiger partial charge on any atom is -0.355 e. The molecule has 0 aromatic carbocycles. The zero-order valence-corrected chi connectivity index (χ0v) is 20.3. The fraction of sp³-hybridized carbons (Fsp3) is 0.565. The monoisotopic (exact) mass is 489 g/mol. The van der Waals surface area contributed by atoms with Crippen molar-refractivity contribution in [2.24, 2.45) is 5.41 Å². The highest BCUT2D eigenvalue weighted by molar-refractivity contribution is 6.13. The molecule has 0 aromatic rings. The van der Waals surface area contributed by atoms with Gasteiger partial charge in [-0.1, -0.05) is 0 Å². The molecular formula is C23H31N5O7. The molecule has 1 saturated heterocycles. The van der Waals surface area contributed by atoms with E-state index in [0.717, 1.165) is 27.0 Å². The SMILES string of the molecule is CC1(C)CC(C(=O)NCCCN2C(=O)C=CC2=O)(C(=O)NCCN2C(=O)C=CC2=O)C(C)(C)N1O. The van der Waals surface area contributed by atoms with Gasteiger partial charge < -0.3 is 15.8 Å². The van der Waals surface area contributed by atoms with Crippen LogP contribution in [0.3, 0.4) is 0 Å². The van der Waals surface area contributed by atoms with Crippen molar-refractivity contribution in [3.05, 3.63) is 24.3 Å². The summed E-state index contributed by atoms with van der Waals surface area (Å²) in [7, 11) is 0. The molecule has 1 fully saturated rings. The smallest absolute Gasteiger partial charge is 0.253 e. The molecule has 0 aromatic heterocycles. The Labute approximate surface area is 202 Å².